The fraction of sp³-hybridized carbons (Fsp3) is 0.600. The third-order valence-electron chi connectivity index (χ3n) is 3.91. The van der Waals surface area contributed by atoms with Gasteiger partial charge in [-0.15, -0.1) is 0 Å². The Balaban J connectivity index is 2.13. The zero-order valence-electron chi connectivity index (χ0n) is 12.7. The molecule has 1 aromatic carbocycles. The van der Waals surface area contributed by atoms with Gasteiger partial charge in [-0.25, -0.2) is 13.1 Å². The predicted octanol–water partition coefficient (Wildman–Crippen LogP) is 1.64. The lowest BCUT2D eigenvalue weighted by molar-refractivity contribution is -0.00475. The van der Waals surface area contributed by atoms with Crippen molar-refractivity contribution >= 4 is 10.0 Å². The second-order valence-electron chi connectivity index (χ2n) is 5.57. The topological polar surface area (TPSA) is 75.6 Å². The van der Waals surface area contributed by atoms with Gasteiger partial charge in [-0.2, -0.15) is 0 Å². The second kappa shape index (κ2) is 6.44. The zero-order chi connectivity index (χ0) is 15.6. The fourth-order valence-electron chi connectivity index (χ4n) is 2.65. The number of aryl methyl sites for hydroxylation is 2. The van der Waals surface area contributed by atoms with Crippen LogP contribution in [0.15, 0.2) is 17.0 Å². The van der Waals surface area contributed by atoms with E-state index in [0.29, 0.717) is 30.6 Å². The number of hydrogen-bond donors (Lipinski definition) is 2. The van der Waals surface area contributed by atoms with Crippen LogP contribution >= 0.6 is 0 Å². The number of benzene rings is 1. The van der Waals surface area contributed by atoms with E-state index >= 15 is 0 Å². The minimum absolute atomic E-state index is 0.0650. The number of hydrogen-bond acceptors (Lipinski definition) is 4. The molecule has 1 aliphatic carbocycles. The first-order valence-corrected chi connectivity index (χ1v) is 8.70. The molecule has 1 aromatic rings. The van der Waals surface area contributed by atoms with E-state index in [-0.39, 0.29) is 23.6 Å². The van der Waals surface area contributed by atoms with Gasteiger partial charge in [0.15, 0.2) is 0 Å². The van der Waals surface area contributed by atoms with Gasteiger partial charge in [-0.05, 0) is 56.4 Å². The van der Waals surface area contributed by atoms with E-state index < -0.39 is 10.0 Å². The number of ether oxygens (including phenoxy) is 1. The molecule has 0 bridgehead atoms. The summed E-state index contributed by atoms with van der Waals surface area (Å²) in [6, 6.07) is 3.29. The Labute approximate surface area is 126 Å². The van der Waals surface area contributed by atoms with Crippen molar-refractivity contribution in [2.75, 3.05) is 6.61 Å². The first kappa shape index (κ1) is 16.4. The predicted molar refractivity (Wildman–Crippen MR) is 80.6 cm³/mol. The fourth-order valence-corrected chi connectivity index (χ4v) is 4.19. The van der Waals surface area contributed by atoms with E-state index in [0.717, 1.165) is 5.56 Å². The van der Waals surface area contributed by atoms with Gasteiger partial charge >= 0.3 is 0 Å². The Morgan fingerprint density at radius 2 is 1.95 bits per heavy atom. The first-order chi connectivity index (χ1) is 9.87. The van der Waals surface area contributed by atoms with Crippen molar-refractivity contribution in [2.24, 2.45) is 0 Å². The van der Waals surface area contributed by atoms with E-state index in [9.17, 15) is 13.5 Å². The van der Waals surface area contributed by atoms with Crippen LogP contribution in [0.4, 0.5) is 0 Å². The molecule has 0 spiro atoms. The van der Waals surface area contributed by atoms with Crippen molar-refractivity contribution in [1.29, 1.82) is 0 Å². The number of aliphatic hydroxyl groups is 1. The third-order valence-corrected chi connectivity index (χ3v) is 5.57. The molecular formula is C15H23NO4S. The first-order valence-electron chi connectivity index (χ1n) is 7.22. The zero-order valence-corrected chi connectivity index (χ0v) is 13.5. The summed E-state index contributed by atoms with van der Waals surface area (Å²) in [5.74, 6) is 0. The summed E-state index contributed by atoms with van der Waals surface area (Å²) in [5.41, 5.74) is 2.23. The van der Waals surface area contributed by atoms with Crippen molar-refractivity contribution in [2.45, 2.75) is 57.3 Å². The number of aliphatic hydroxyl groups excluding tert-OH is 1. The highest BCUT2D eigenvalue weighted by Crippen LogP contribution is 2.27. The molecule has 0 atom stereocenters. The second-order valence-corrected chi connectivity index (χ2v) is 7.25. The molecule has 1 saturated carbocycles. The Bertz CT molecular complexity index is 606. The molecule has 0 radical (unpaired) electrons. The number of sulfonamides is 1. The molecule has 2 N–H and O–H groups in total. The molecule has 1 aliphatic rings. The van der Waals surface area contributed by atoms with Crippen LogP contribution in [0.5, 0.6) is 0 Å². The molecular weight excluding hydrogens is 290 g/mol. The van der Waals surface area contributed by atoms with E-state index in [1.807, 2.05) is 13.8 Å². The van der Waals surface area contributed by atoms with Crippen molar-refractivity contribution in [3.05, 3.63) is 28.8 Å². The minimum atomic E-state index is -3.56. The summed E-state index contributed by atoms with van der Waals surface area (Å²) in [6.45, 7) is 6.06. The minimum Gasteiger partial charge on any atom is -0.392 e. The molecule has 0 unspecified atom stereocenters. The molecule has 1 fully saturated rings. The quantitative estimate of drug-likeness (QED) is 0.837. The summed E-state index contributed by atoms with van der Waals surface area (Å²) in [4.78, 5) is 0.247. The SMILES string of the molecule is CCOC1CC(NS(=O)(=O)c2cc(CO)c(C)cc2C)C1. The van der Waals surface area contributed by atoms with Gasteiger partial charge in [0.1, 0.15) is 0 Å². The normalized spacial score (nSPS) is 22.1. The molecule has 0 aliphatic heterocycles. The number of nitrogens with one attached hydrogen (secondary N) is 1. The summed E-state index contributed by atoms with van der Waals surface area (Å²) in [7, 11) is -3.56. The summed E-state index contributed by atoms with van der Waals surface area (Å²) in [6.07, 6.45) is 1.59. The standard InChI is InChI=1S/C15H23NO4S/c1-4-20-14-7-13(8-14)16-21(18,19)15-6-12(9-17)10(2)5-11(15)3/h5-6,13-14,16-17H,4,7-9H2,1-3H3. The van der Waals surface area contributed by atoms with Crippen molar-refractivity contribution in [1.82, 2.24) is 4.72 Å². The van der Waals surface area contributed by atoms with Crippen molar-refractivity contribution in [3.63, 3.8) is 0 Å². The lowest BCUT2D eigenvalue weighted by Gasteiger charge is -2.35. The maximum absolute atomic E-state index is 12.5. The Morgan fingerprint density at radius 3 is 2.52 bits per heavy atom. The van der Waals surface area contributed by atoms with Gasteiger partial charge in [0.2, 0.25) is 10.0 Å². The van der Waals surface area contributed by atoms with Crippen LogP contribution in [0.2, 0.25) is 0 Å². The van der Waals surface area contributed by atoms with Gasteiger partial charge < -0.3 is 9.84 Å². The van der Waals surface area contributed by atoms with Crippen LogP contribution in [-0.4, -0.2) is 32.3 Å². The average Bonchev–Trinajstić information content (AvgIpc) is 2.36. The van der Waals surface area contributed by atoms with Gasteiger partial charge in [0.25, 0.3) is 0 Å². The molecule has 0 aromatic heterocycles. The van der Waals surface area contributed by atoms with Crippen LogP contribution in [0, 0.1) is 13.8 Å². The van der Waals surface area contributed by atoms with E-state index in [1.54, 1.807) is 19.1 Å². The van der Waals surface area contributed by atoms with Crippen LogP contribution < -0.4 is 4.72 Å². The van der Waals surface area contributed by atoms with Gasteiger partial charge in [0.05, 0.1) is 17.6 Å². The molecule has 6 heteroatoms. The van der Waals surface area contributed by atoms with E-state index in [4.69, 9.17) is 4.74 Å². The Morgan fingerprint density at radius 1 is 1.29 bits per heavy atom. The van der Waals surface area contributed by atoms with Crippen LogP contribution in [-0.2, 0) is 21.4 Å². The highest BCUT2D eigenvalue weighted by atomic mass is 32.2. The van der Waals surface area contributed by atoms with Crippen molar-refractivity contribution in [3.8, 4) is 0 Å². The van der Waals surface area contributed by atoms with Gasteiger partial charge in [-0.1, -0.05) is 6.07 Å². The van der Waals surface area contributed by atoms with Crippen molar-refractivity contribution < 1.29 is 18.3 Å². The molecule has 2 rings (SSSR count). The lowest BCUT2D eigenvalue weighted by atomic mass is 9.90. The van der Waals surface area contributed by atoms with E-state index in [1.165, 1.54) is 0 Å². The molecule has 0 saturated heterocycles. The summed E-state index contributed by atoms with van der Waals surface area (Å²) >= 11 is 0. The Hall–Kier alpha value is -0.950. The highest BCUT2D eigenvalue weighted by Gasteiger charge is 2.33. The van der Waals surface area contributed by atoms with Gasteiger partial charge in [0, 0.05) is 12.6 Å². The molecule has 21 heavy (non-hydrogen) atoms. The largest absolute Gasteiger partial charge is 0.392 e. The summed E-state index contributed by atoms with van der Waals surface area (Å²) < 4.78 is 33.1. The highest BCUT2D eigenvalue weighted by molar-refractivity contribution is 7.89. The molecule has 0 amide bonds. The van der Waals surface area contributed by atoms with Gasteiger partial charge in [-0.3, -0.25) is 0 Å². The smallest absolute Gasteiger partial charge is 0.241 e. The Kier molecular flexibility index (Phi) is 5.03. The monoisotopic (exact) mass is 313 g/mol. The molecule has 5 nitrogen and oxygen atoms in total. The summed E-state index contributed by atoms with van der Waals surface area (Å²) in [5, 5.41) is 9.30. The van der Waals surface area contributed by atoms with Crippen LogP contribution in [0.25, 0.3) is 0 Å². The molecule has 118 valence electrons. The number of rotatable bonds is 6. The van der Waals surface area contributed by atoms with Crippen LogP contribution in [0.3, 0.4) is 0 Å². The van der Waals surface area contributed by atoms with E-state index in [2.05, 4.69) is 4.72 Å². The third kappa shape index (κ3) is 3.63. The maximum atomic E-state index is 12.5. The maximum Gasteiger partial charge on any atom is 0.241 e. The average molecular weight is 313 g/mol. The molecule has 0 heterocycles. The lowest BCUT2D eigenvalue weighted by Crippen LogP contribution is -2.47. The van der Waals surface area contributed by atoms with Crippen LogP contribution in [0.1, 0.15) is 36.5 Å².